The monoisotopic (exact) mass is 445 g/mol. The highest BCUT2D eigenvalue weighted by molar-refractivity contribution is 5.80. The normalized spacial score (nSPS) is 13.6. The minimum atomic E-state index is -1.15. The summed E-state index contributed by atoms with van der Waals surface area (Å²) in [7, 11) is 1.60. The zero-order valence-corrected chi connectivity index (χ0v) is 19.0. The predicted molar refractivity (Wildman–Crippen MR) is 122 cm³/mol. The Bertz CT molecular complexity index is 940. The Morgan fingerprint density at radius 3 is 2.41 bits per heavy atom. The quantitative estimate of drug-likeness (QED) is 0.476. The number of pyridine rings is 1. The third-order valence-corrected chi connectivity index (χ3v) is 5.16. The molecule has 6 nitrogen and oxygen atoms in total. The number of rotatable bonds is 11. The Hall–Kier alpha value is -2.61. The highest BCUT2D eigenvalue weighted by Gasteiger charge is 2.21. The molecule has 0 bridgehead atoms. The predicted octanol–water partition coefficient (Wildman–Crippen LogP) is 4.32. The number of carboxylic acids is 1. The number of methoxy groups -OCH3 is 1. The van der Waals surface area contributed by atoms with E-state index < -0.39 is 24.6 Å². The molecule has 0 spiro atoms. The molecule has 1 heterocycles. The van der Waals surface area contributed by atoms with E-state index in [1.54, 1.807) is 25.3 Å². The van der Waals surface area contributed by atoms with Crippen molar-refractivity contribution >= 4 is 12.0 Å². The van der Waals surface area contributed by atoms with Gasteiger partial charge in [-0.1, -0.05) is 45.1 Å². The van der Waals surface area contributed by atoms with Crippen molar-refractivity contribution in [3.8, 4) is 11.1 Å². The SMILES string of the molecule is CCc1nc(C(C)C)c(/C=C/[C@@H](O)C[C@@H](O)CC(=O)O)c(-c2ccc(F)cc2)c1COC. The smallest absolute Gasteiger partial charge is 0.305 e. The summed E-state index contributed by atoms with van der Waals surface area (Å²) in [5.74, 6) is -1.39. The van der Waals surface area contributed by atoms with Crippen LogP contribution in [0.2, 0.25) is 0 Å². The molecule has 0 unspecified atom stereocenters. The Kier molecular flexibility index (Phi) is 9.50. The molecule has 32 heavy (non-hydrogen) atoms. The topological polar surface area (TPSA) is 99.9 Å². The molecule has 0 saturated carbocycles. The van der Waals surface area contributed by atoms with Gasteiger partial charge < -0.3 is 20.1 Å². The van der Waals surface area contributed by atoms with Gasteiger partial charge in [-0.25, -0.2) is 4.39 Å². The largest absolute Gasteiger partial charge is 0.481 e. The maximum atomic E-state index is 13.6. The van der Waals surface area contributed by atoms with Crippen molar-refractivity contribution in [3.63, 3.8) is 0 Å². The summed E-state index contributed by atoms with van der Waals surface area (Å²) in [6.45, 7) is 6.39. The molecule has 0 aliphatic heterocycles. The summed E-state index contributed by atoms with van der Waals surface area (Å²) in [5, 5.41) is 29.0. The summed E-state index contributed by atoms with van der Waals surface area (Å²) in [6.07, 6.45) is 1.24. The van der Waals surface area contributed by atoms with Gasteiger partial charge in [-0.05, 0) is 35.6 Å². The number of ether oxygens (including phenoxy) is 1. The van der Waals surface area contributed by atoms with E-state index in [1.165, 1.54) is 18.2 Å². The van der Waals surface area contributed by atoms with E-state index in [9.17, 15) is 19.4 Å². The maximum absolute atomic E-state index is 13.6. The lowest BCUT2D eigenvalue weighted by Gasteiger charge is -2.22. The minimum absolute atomic E-state index is 0.0745. The fourth-order valence-electron chi connectivity index (χ4n) is 3.70. The highest BCUT2D eigenvalue weighted by Crippen LogP contribution is 2.36. The molecule has 7 heteroatoms. The average Bonchev–Trinajstić information content (AvgIpc) is 2.72. The molecule has 0 aliphatic carbocycles. The van der Waals surface area contributed by atoms with Gasteiger partial charge in [0.2, 0.25) is 0 Å². The van der Waals surface area contributed by atoms with Crippen LogP contribution in [0.4, 0.5) is 4.39 Å². The molecule has 2 atom stereocenters. The Morgan fingerprint density at radius 2 is 1.88 bits per heavy atom. The molecule has 3 N–H and O–H groups in total. The number of halogens is 1. The first kappa shape index (κ1) is 25.6. The second-order valence-corrected chi connectivity index (χ2v) is 8.07. The van der Waals surface area contributed by atoms with Crippen LogP contribution in [0.3, 0.4) is 0 Å². The maximum Gasteiger partial charge on any atom is 0.305 e. The lowest BCUT2D eigenvalue weighted by Crippen LogP contribution is -2.19. The zero-order valence-electron chi connectivity index (χ0n) is 19.0. The van der Waals surface area contributed by atoms with Crippen molar-refractivity contribution in [2.45, 2.75) is 64.8 Å². The van der Waals surface area contributed by atoms with Gasteiger partial charge in [-0.3, -0.25) is 9.78 Å². The van der Waals surface area contributed by atoms with Crippen molar-refractivity contribution in [1.29, 1.82) is 0 Å². The number of nitrogens with zero attached hydrogens (tertiary/aromatic N) is 1. The summed E-state index contributed by atoms with van der Waals surface area (Å²) >= 11 is 0. The molecule has 174 valence electrons. The number of benzene rings is 1. The average molecular weight is 446 g/mol. The van der Waals surface area contributed by atoms with Crippen LogP contribution in [-0.4, -0.2) is 45.6 Å². The van der Waals surface area contributed by atoms with E-state index in [1.807, 2.05) is 20.8 Å². The molecule has 0 aliphatic rings. The first-order valence-corrected chi connectivity index (χ1v) is 10.7. The number of aliphatic carboxylic acids is 1. The number of carbonyl (C=O) groups is 1. The third kappa shape index (κ3) is 6.69. The summed E-state index contributed by atoms with van der Waals surface area (Å²) in [5.41, 5.74) is 5.06. The fourth-order valence-corrected chi connectivity index (χ4v) is 3.70. The number of aryl methyl sites for hydroxylation is 1. The summed E-state index contributed by atoms with van der Waals surface area (Å²) in [6, 6.07) is 6.21. The van der Waals surface area contributed by atoms with Crippen LogP contribution >= 0.6 is 0 Å². The third-order valence-electron chi connectivity index (χ3n) is 5.16. The van der Waals surface area contributed by atoms with Gasteiger partial charge in [-0.15, -0.1) is 0 Å². The minimum Gasteiger partial charge on any atom is -0.481 e. The van der Waals surface area contributed by atoms with Crippen molar-refractivity contribution in [2.24, 2.45) is 0 Å². The first-order valence-electron chi connectivity index (χ1n) is 10.7. The number of aromatic nitrogens is 1. The van der Waals surface area contributed by atoms with E-state index in [4.69, 9.17) is 14.8 Å². The van der Waals surface area contributed by atoms with Gasteiger partial charge in [0.15, 0.2) is 0 Å². The van der Waals surface area contributed by atoms with Gasteiger partial charge in [0.1, 0.15) is 5.82 Å². The number of hydrogen-bond donors (Lipinski definition) is 3. The van der Waals surface area contributed by atoms with Gasteiger partial charge in [0.25, 0.3) is 0 Å². The first-order chi connectivity index (χ1) is 15.2. The van der Waals surface area contributed by atoms with E-state index in [0.717, 1.165) is 33.6 Å². The lowest BCUT2D eigenvalue weighted by atomic mass is 9.88. The molecule has 1 aromatic carbocycles. The van der Waals surface area contributed by atoms with Crippen LogP contribution in [0.5, 0.6) is 0 Å². The van der Waals surface area contributed by atoms with Crippen molar-refractivity contribution in [1.82, 2.24) is 4.98 Å². The number of hydrogen-bond acceptors (Lipinski definition) is 5. The summed E-state index contributed by atoms with van der Waals surface area (Å²) < 4.78 is 19.1. The van der Waals surface area contributed by atoms with E-state index >= 15 is 0 Å². The van der Waals surface area contributed by atoms with Crippen molar-refractivity contribution < 1.29 is 29.2 Å². The van der Waals surface area contributed by atoms with Crippen LogP contribution < -0.4 is 0 Å². The number of aliphatic hydroxyl groups is 2. The van der Waals surface area contributed by atoms with Gasteiger partial charge in [-0.2, -0.15) is 0 Å². The molecular formula is C25H32FNO5. The fraction of sp³-hybridized carbons (Fsp3) is 0.440. The zero-order chi connectivity index (χ0) is 23.8. The number of aliphatic hydroxyl groups excluding tert-OH is 2. The van der Waals surface area contributed by atoms with Crippen LogP contribution in [0.15, 0.2) is 30.3 Å². The van der Waals surface area contributed by atoms with Crippen LogP contribution in [0.25, 0.3) is 17.2 Å². The summed E-state index contributed by atoms with van der Waals surface area (Å²) in [4.78, 5) is 15.6. The standard InChI is InChI=1S/C25H32FNO5/c1-5-22-21(14-32-4)24(16-6-8-17(26)9-7-16)20(25(27-22)15(2)3)11-10-18(28)12-19(29)13-23(30)31/h6-11,15,18-19,28-29H,5,12-14H2,1-4H3,(H,30,31)/b11-10+/t18-,19-/m1/s1. The van der Waals surface area contributed by atoms with Gasteiger partial charge in [0, 0.05) is 30.4 Å². The molecule has 0 fully saturated rings. The van der Waals surface area contributed by atoms with Crippen molar-refractivity contribution in [2.75, 3.05) is 7.11 Å². The molecular weight excluding hydrogens is 413 g/mol. The second-order valence-electron chi connectivity index (χ2n) is 8.07. The molecule has 2 rings (SSSR count). The Morgan fingerprint density at radius 1 is 1.22 bits per heavy atom. The second kappa shape index (κ2) is 11.9. The Labute approximate surface area is 188 Å². The van der Waals surface area contributed by atoms with Gasteiger partial charge in [0.05, 0.1) is 30.9 Å². The Balaban J connectivity index is 2.63. The van der Waals surface area contributed by atoms with Gasteiger partial charge >= 0.3 is 5.97 Å². The molecule has 0 saturated heterocycles. The molecule has 0 amide bonds. The number of carboxylic acid groups (broad SMARTS) is 1. The highest BCUT2D eigenvalue weighted by atomic mass is 19.1. The molecule has 0 radical (unpaired) electrons. The molecule has 2 aromatic rings. The van der Waals surface area contributed by atoms with E-state index in [-0.39, 0.29) is 18.2 Å². The van der Waals surface area contributed by atoms with E-state index in [0.29, 0.717) is 13.0 Å². The molecule has 1 aromatic heterocycles. The van der Waals surface area contributed by atoms with Crippen molar-refractivity contribution in [3.05, 3.63) is 58.7 Å². The van der Waals surface area contributed by atoms with Crippen LogP contribution in [-0.2, 0) is 22.6 Å². The van der Waals surface area contributed by atoms with Crippen LogP contribution in [0, 0.1) is 5.82 Å². The lowest BCUT2D eigenvalue weighted by molar-refractivity contribution is -0.139. The van der Waals surface area contributed by atoms with Crippen LogP contribution in [0.1, 0.15) is 62.0 Å². The van der Waals surface area contributed by atoms with E-state index in [2.05, 4.69) is 0 Å².